The summed E-state index contributed by atoms with van der Waals surface area (Å²) >= 11 is 5.94. The number of nitrogens with one attached hydrogen (secondary N) is 1. The number of halogens is 1. The van der Waals surface area contributed by atoms with Gasteiger partial charge in [-0.25, -0.2) is 4.79 Å². The van der Waals surface area contributed by atoms with Gasteiger partial charge in [-0.3, -0.25) is 19.0 Å². The lowest BCUT2D eigenvalue weighted by molar-refractivity contribution is 0.600. The van der Waals surface area contributed by atoms with Crippen molar-refractivity contribution in [3.05, 3.63) is 49.5 Å². The highest BCUT2D eigenvalue weighted by Crippen LogP contribution is 2.16. The maximum Gasteiger partial charge on any atom is 0.329 e. The topological polar surface area (TPSA) is 72.7 Å². The molecule has 20 heavy (non-hydrogen) atoms. The standard InChI is InChI=1S/C13H17ClN4O2/c1-8(2)10-11(14)15-13(20)18(12(10)19)7-5-9-4-6-17(3)16-9/h4,6,8H,5,7H2,1-3H3,(H,15,20). The van der Waals surface area contributed by atoms with Crippen molar-refractivity contribution in [3.63, 3.8) is 0 Å². The van der Waals surface area contributed by atoms with E-state index in [2.05, 4.69) is 10.1 Å². The summed E-state index contributed by atoms with van der Waals surface area (Å²) in [5.74, 6) is -0.0482. The average molecular weight is 297 g/mol. The van der Waals surface area contributed by atoms with Gasteiger partial charge < -0.3 is 0 Å². The first-order chi connectivity index (χ1) is 9.40. The van der Waals surface area contributed by atoms with Crippen LogP contribution in [-0.4, -0.2) is 19.3 Å². The van der Waals surface area contributed by atoms with Crippen LogP contribution in [0.3, 0.4) is 0 Å². The molecular weight excluding hydrogens is 280 g/mol. The van der Waals surface area contributed by atoms with Crippen molar-refractivity contribution in [3.8, 4) is 0 Å². The summed E-state index contributed by atoms with van der Waals surface area (Å²) in [6.07, 6.45) is 2.34. The fourth-order valence-electron chi connectivity index (χ4n) is 2.09. The summed E-state index contributed by atoms with van der Waals surface area (Å²) in [5, 5.41) is 4.35. The highest BCUT2D eigenvalue weighted by molar-refractivity contribution is 6.30. The second-order valence-electron chi connectivity index (χ2n) is 5.00. The number of aromatic nitrogens is 4. The van der Waals surface area contributed by atoms with Crippen LogP contribution in [0.15, 0.2) is 21.9 Å². The molecule has 1 N–H and O–H groups in total. The van der Waals surface area contributed by atoms with E-state index in [-0.39, 0.29) is 23.2 Å². The van der Waals surface area contributed by atoms with Gasteiger partial charge in [-0.2, -0.15) is 5.10 Å². The Hall–Kier alpha value is -1.82. The van der Waals surface area contributed by atoms with Gasteiger partial charge in [0.25, 0.3) is 5.56 Å². The third-order valence-corrected chi connectivity index (χ3v) is 3.41. The van der Waals surface area contributed by atoms with E-state index in [1.165, 1.54) is 4.57 Å². The van der Waals surface area contributed by atoms with Crippen molar-refractivity contribution in [2.24, 2.45) is 7.05 Å². The molecule has 0 atom stereocenters. The van der Waals surface area contributed by atoms with Crippen LogP contribution in [0.1, 0.15) is 31.0 Å². The second kappa shape index (κ2) is 5.66. The molecule has 2 aromatic rings. The van der Waals surface area contributed by atoms with Gasteiger partial charge in [-0.05, 0) is 12.0 Å². The van der Waals surface area contributed by atoms with Crippen LogP contribution in [0.5, 0.6) is 0 Å². The third-order valence-electron chi connectivity index (χ3n) is 3.11. The van der Waals surface area contributed by atoms with Gasteiger partial charge in [0.05, 0.1) is 11.3 Å². The van der Waals surface area contributed by atoms with Crippen LogP contribution in [-0.2, 0) is 20.0 Å². The van der Waals surface area contributed by atoms with Crippen molar-refractivity contribution in [1.82, 2.24) is 19.3 Å². The third kappa shape index (κ3) is 2.85. The van der Waals surface area contributed by atoms with E-state index in [9.17, 15) is 9.59 Å². The second-order valence-corrected chi connectivity index (χ2v) is 5.38. The fourth-order valence-corrected chi connectivity index (χ4v) is 2.47. The molecule has 108 valence electrons. The van der Waals surface area contributed by atoms with E-state index < -0.39 is 5.69 Å². The molecule has 0 aliphatic heterocycles. The molecule has 0 fully saturated rings. The van der Waals surface area contributed by atoms with Crippen LogP contribution >= 0.6 is 11.6 Å². The van der Waals surface area contributed by atoms with Gasteiger partial charge in [0.15, 0.2) is 0 Å². The Morgan fingerprint density at radius 2 is 2.10 bits per heavy atom. The van der Waals surface area contributed by atoms with Crippen molar-refractivity contribution in [1.29, 1.82) is 0 Å². The Labute approximate surface area is 121 Å². The molecule has 2 heterocycles. The van der Waals surface area contributed by atoms with E-state index >= 15 is 0 Å². The Balaban J connectivity index is 2.34. The SMILES string of the molecule is CC(C)c1c(Cl)[nH]c(=O)n(CCc2ccn(C)n2)c1=O. The number of aromatic amines is 1. The summed E-state index contributed by atoms with van der Waals surface area (Å²) in [5.41, 5.74) is 0.456. The molecule has 0 saturated carbocycles. The monoisotopic (exact) mass is 296 g/mol. The molecule has 0 saturated heterocycles. The maximum atomic E-state index is 12.3. The minimum atomic E-state index is -0.486. The van der Waals surface area contributed by atoms with Crippen molar-refractivity contribution >= 4 is 11.6 Å². The summed E-state index contributed by atoms with van der Waals surface area (Å²) in [6.45, 7) is 4.01. The molecule has 0 spiro atoms. The normalized spacial score (nSPS) is 11.2. The smallest absolute Gasteiger partial charge is 0.297 e. The number of hydrogen-bond donors (Lipinski definition) is 1. The zero-order valence-electron chi connectivity index (χ0n) is 11.7. The lowest BCUT2D eigenvalue weighted by atomic mass is 10.1. The molecule has 0 aliphatic rings. The number of nitrogens with zero attached hydrogens (tertiary/aromatic N) is 3. The number of hydrogen-bond acceptors (Lipinski definition) is 3. The maximum absolute atomic E-state index is 12.3. The van der Waals surface area contributed by atoms with Crippen LogP contribution in [0.2, 0.25) is 5.15 Å². The minimum absolute atomic E-state index is 0.0482. The van der Waals surface area contributed by atoms with Crippen molar-refractivity contribution < 1.29 is 0 Å². The number of H-pyrrole nitrogens is 1. The first-order valence-electron chi connectivity index (χ1n) is 6.41. The number of rotatable bonds is 4. The van der Waals surface area contributed by atoms with Gasteiger partial charge in [0, 0.05) is 26.2 Å². The van der Waals surface area contributed by atoms with Crippen molar-refractivity contribution in [2.75, 3.05) is 0 Å². The molecular formula is C13H17ClN4O2. The van der Waals surface area contributed by atoms with E-state index in [0.29, 0.717) is 12.0 Å². The summed E-state index contributed by atoms with van der Waals surface area (Å²) in [4.78, 5) is 26.7. The number of aryl methyl sites for hydroxylation is 2. The summed E-state index contributed by atoms with van der Waals surface area (Å²) in [7, 11) is 1.82. The fraction of sp³-hybridized carbons (Fsp3) is 0.462. The van der Waals surface area contributed by atoms with Gasteiger partial charge in [-0.1, -0.05) is 25.4 Å². The lowest BCUT2D eigenvalue weighted by Gasteiger charge is -2.10. The summed E-state index contributed by atoms with van der Waals surface area (Å²) < 4.78 is 2.86. The molecule has 7 heteroatoms. The molecule has 0 unspecified atom stereocenters. The predicted octanol–water partition coefficient (Wildman–Crippen LogP) is 1.29. The van der Waals surface area contributed by atoms with Crippen LogP contribution in [0.25, 0.3) is 0 Å². The van der Waals surface area contributed by atoms with Gasteiger partial charge in [0.1, 0.15) is 5.15 Å². The quantitative estimate of drug-likeness (QED) is 0.864. The Morgan fingerprint density at radius 1 is 1.40 bits per heavy atom. The Kier molecular flexibility index (Phi) is 4.13. The summed E-state index contributed by atoms with van der Waals surface area (Å²) in [6, 6.07) is 1.86. The van der Waals surface area contributed by atoms with Crippen LogP contribution < -0.4 is 11.2 Å². The molecule has 0 radical (unpaired) electrons. The van der Waals surface area contributed by atoms with Gasteiger partial charge >= 0.3 is 5.69 Å². The van der Waals surface area contributed by atoms with Crippen LogP contribution in [0.4, 0.5) is 0 Å². The van der Waals surface area contributed by atoms with Gasteiger partial charge in [-0.15, -0.1) is 0 Å². The molecule has 0 aliphatic carbocycles. The molecule has 2 aromatic heterocycles. The average Bonchev–Trinajstić information content (AvgIpc) is 2.73. The van der Waals surface area contributed by atoms with E-state index in [4.69, 9.17) is 11.6 Å². The van der Waals surface area contributed by atoms with E-state index in [1.54, 1.807) is 4.68 Å². The van der Waals surface area contributed by atoms with E-state index in [1.807, 2.05) is 33.2 Å². The highest BCUT2D eigenvalue weighted by Gasteiger charge is 2.15. The zero-order chi connectivity index (χ0) is 14.9. The molecule has 0 bridgehead atoms. The van der Waals surface area contributed by atoms with Crippen molar-refractivity contribution in [2.45, 2.75) is 32.7 Å². The molecule has 0 amide bonds. The largest absolute Gasteiger partial charge is 0.329 e. The van der Waals surface area contributed by atoms with Gasteiger partial charge in [0.2, 0.25) is 0 Å². The van der Waals surface area contributed by atoms with E-state index in [0.717, 1.165) is 5.69 Å². The predicted molar refractivity (Wildman–Crippen MR) is 77.3 cm³/mol. The molecule has 2 rings (SSSR count). The Bertz CT molecular complexity index is 727. The minimum Gasteiger partial charge on any atom is -0.297 e. The Morgan fingerprint density at radius 3 is 2.65 bits per heavy atom. The first kappa shape index (κ1) is 14.6. The first-order valence-corrected chi connectivity index (χ1v) is 6.79. The lowest BCUT2D eigenvalue weighted by Crippen LogP contribution is -2.38. The molecule has 0 aromatic carbocycles. The molecule has 6 nitrogen and oxygen atoms in total. The zero-order valence-corrected chi connectivity index (χ0v) is 12.4. The highest BCUT2D eigenvalue weighted by atomic mass is 35.5. The van der Waals surface area contributed by atoms with Crippen LogP contribution in [0, 0.1) is 0 Å².